The maximum absolute atomic E-state index is 13.1. The summed E-state index contributed by atoms with van der Waals surface area (Å²) in [6.07, 6.45) is 0.219. The fourth-order valence-corrected chi connectivity index (χ4v) is 1.97. The van der Waals surface area contributed by atoms with Crippen molar-refractivity contribution in [3.8, 4) is 0 Å². The van der Waals surface area contributed by atoms with E-state index in [0.717, 1.165) is 17.0 Å². The highest BCUT2D eigenvalue weighted by atomic mass is 19.2. The second kappa shape index (κ2) is 4.45. The third-order valence-electron chi connectivity index (χ3n) is 2.95. The Balaban J connectivity index is 2.44. The van der Waals surface area contributed by atoms with E-state index in [1.54, 1.807) is 6.92 Å². The van der Waals surface area contributed by atoms with E-state index >= 15 is 0 Å². The molecular formula is C12H11F2NO3. The zero-order chi connectivity index (χ0) is 13.4. The summed E-state index contributed by atoms with van der Waals surface area (Å²) in [5.74, 6) is -3.64. The number of aliphatic hydroxyl groups is 1. The van der Waals surface area contributed by atoms with E-state index in [9.17, 15) is 18.4 Å². The third-order valence-corrected chi connectivity index (χ3v) is 2.95. The van der Waals surface area contributed by atoms with Gasteiger partial charge >= 0.3 is 0 Å². The normalized spacial score (nSPS) is 16.1. The van der Waals surface area contributed by atoms with Crippen LogP contribution in [-0.4, -0.2) is 34.5 Å². The van der Waals surface area contributed by atoms with Crippen molar-refractivity contribution in [2.75, 3.05) is 6.61 Å². The van der Waals surface area contributed by atoms with Crippen LogP contribution >= 0.6 is 0 Å². The van der Waals surface area contributed by atoms with E-state index in [-0.39, 0.29) is 24.2 Å². The van der Waals surface area contributed by atoms with Gasteiger partial charge in [-0.15, -0.1) is 0 Å². The predicted molar refractivity (Wildman–Crippen MR) is 58.0 cm³/mol. The number of amides is 2. The fraction of sp³-hybridized carbons (Fsp3) is 0.333. The van der Waals surface area contributed by atoms with Crippen LogP contribution in [0, 0.1) is 11.6 Å². The van der Waals surface area contributed by atoms with Gasteiger partial charge in [0.15, 0.2) is 11.6 Å². The maximum atomic E-state index is 13.1. The lowest BCUT2D eigenvalue weighted by atomic mass is 10.1. The van der Waals surface area contributed by atoms with Gasteiger partial charge in [0, 0.05) is 12.6 Å². The molecule has 1 aliphatic rings. The van der Waals surface area contributed by atoms with Crippen molar-refractivity contribution in [2.24, 2.45) is 0 Å². The Morgan fingerprint density at radius 2 is 1.61 bits per heavy atom. The molecule has 0 aliphatic carbocycles. The maximum Gasteiger partial charge on any atom is 0.261 e. The molecule has 0 spiro atoms. The Kier molecular flexibility index (Phi) is 3.13. The van der Waals surface area contributed by atoms with Gasteiger partial charge in [0.05, 0.1) is 11.1 Å². The molecule has 1 unspecified atom stereocenters. The summed E-state index contributed by atoms with van der Waals surface area (Å²) < 4.78 is 26.1. The first kappa shape index (κ1) is 12.6. The number of imide groups is 1. The summed E-state index contributed by atoms with van der Waals surface area (Å²) in [6.45, 7) is 1.40. The van der Waals surface area contributed by atoms with Crippen molar-refractivity contribution < 1.29 is 23.5 Å². The Morgan fingerprint density at radius 1 is 1.17 bits per heavy atom. The molecule has 1 aromatic carbocycles. The van der Waals surface area contributed by atoms with Crippen LogP contribution in [0.1, 0.15) is 34.1 Å². The van der Waals surface area contributed by atoms with Gasteiger partial charge in [-0.05, 0) is 25.5 Å². The molecular weight excluding hydrogens is 244 g/mol. The van der Waals surface area contributed by atoms with Crippen molar-refractivity contribution >= 4 is 11.8 Å². The van der Waals surface area contributed by atoms with Gasteiger partial charge in [0.1, 0.15) is 0 Å². The largest absolute Gasteiger partial charge is 0.396 e. The lowest BCUT2D eigenvalue weighted by Crippen LogP contribution is -2.38. The first-order valence-electron chi connectivity index (χ1n) is 5.45. The van der Waals surface area contributed by atoms with E-state index in [2.05, 4.69) is 0 Å². The number of rotatable bonds is 3. The zero-order valence-corrected chi connectivity index (χ0v) is 9.61. The van der Waals surface area contributed by atoms with E-state index in [1.807, 2.05) is 0 Å². The first-order valence-corrected chi connectivity index (χ1v) is 5.45. The molecule has 0 bridgehead atoms. The minimum absolute atomic E-state index is 0.135. The molecule has 0 saturated carbocycles. The highest BCUT2D eigenvalue weighted by Gasteiger charge is 2.39. The van der Waals surface area contributed by atoms with E-state index in [4.69, 9.17) is 5.11 Å². The summed E-state index contributed by atoms with van der Waals surface area (Å²) in [6, 6.07) is 0.946. The summed E-state index contributed by atoms with van der Waals surface area (Å²) in [5.41, 5.74) is -0.271. The monoisotopic (exact) mass is 255 g/mol. The van der Waals surface area contributed by atoms with Gasteiger partial charge in [-0.2, -0.15) is 0 Å². The number of aliphatic hydroxyl groups excluding tert-OH is 1. The van der Waals surface area contributed by atoms with Crippen LogP contribution in [0.3, 0.4) is 0 Å². The van der Waals surface area contributed by atoms with Gasteiger partial charge in [-0.25, -0.2) is 8.78 Å². The first-order chi connectivity index (χ1) is 8.47. The Hall–Kier alpha value is -1.82. The molecule has 18 heavy (non-hydrogen) atoms. The van der Waals surface area contributed by atoms with Crippen LogP contribution in [0.2, 0.25) is 0 Å². The smallest absolute Gasteiger partial charge is 0.261 e. The van der Waals surface area contributed by atoms with Crippen molar-refractivity contribution in [3.05, 3.63) is 34.9 Å². The van der Waals surface area contributed by atoms with Crippen LogP contribution in [0.25, 0.3) is 0 Å². The molecule has 1 N–H and O–H groups in total. The zero-order valence-electron chi connectivity index (χ0n) is 9.61. The van der Waals surface area contributed by atoms with E-state index in [1.165, 1.54) is 0 Å². The van der Waals surface area contributed by atoms with Crippen LogP contribution in [0.5, 0.6) is 0 Å². The standard InChI is InChI=1S/C12H11F2NO3/c1-6(2-3-16)15-11(17)7-4-9(13)10(14)5-8(7)12(15)18/h4-6,16H,2-3H2,1H3. The number of hydrogen-bond acceptors (Lipinski definition) is 3. The minimum atomic E-state index is -1.16. The number of halogens is 2. The number of carbonyl (C=O) groups excluding carboxylic acids is 2. The number of fused-ring (bicyclic) bond motifs is 1. The molecule has 4 nitrogen and oxygen atoms in total. The number of carbonyl (C=O) groups is 2. The van der Waals surface area contributed by atoms with Crippen molar-refractivity contribution in [1.82, 2.24) is 4.90 Å². The Bertz CT molecular complexity index is 489. The fourth-order valence-electron chi connectivity index (χ4n) is 1.97. The summed E-state index contributed by atoms with van der Waals surface area (Å²) >= 11 is 0. The molecule has 1 aromatic rings. The molecule has 1 aliphatic heterocycles. The van der Waals surface area contributed by atoms with Gasteiger partial charge in [0.2, 0.25) is 0 Å². The minimum Gasteiger partial charge on any atom is -0.396 e. The van der Waals surface area contributed by atoms with Crippen LogP contribution in [0.4, 0.5) is 8.78 Å². The van der Waals surface area contributed by atoms with Crippen molar-refractivity contribution in [1.29, 1.82) is 0 Å². The summed E-state index contributed by atoms with van der Waals surface area (Å²) in [7, 11) is 0. The molecule has 2 amide bonds. The molecule has 0 saturated heterocycles. The second-order valence-corrected chi connectivity index (χ2v) is 4.15. The number of hydrogen-bond donors (Lipinski definition) is 1. The Labute approximate surface area is 102 Å². The lowest BCUT2D eigenvalue weighted by Gasteiger charge is -2.21. The van der Waals surface area contributed by atoms with Gasteiger partial charge in [-0.3, -0.25) is 14.5 Å². The SMILES string of the molecule is CC(CCO)N1C(=O)c2cc(F)c(F)cc2C1=O. The molecule has 1 atom stereocenters. The highest BCUT2D eigenvalue weighted by molar-refractivity contribution is 6.21. The summed E-state index contributed by atoms with van der Waals surface area (Å²) in [5, 5.41) is 8.81. The topological polar surface area (TPSA) is 57.6 Å². The highest BCUT2D eigenvalue weighted by Crippen LogP contribution is 2.27. The molecule has 0 aromatic heterocycles. The van der Waals surface area contributed by atoms with Crippen LogP contribution in [0.15, 0.2) is 12.1 Å². The average molecular weight is 255 g/mol. The van der Waals surface area contributed by atoms with Crippen molar-refractivity contribution in [2.45, 2.75) is 19.4 Å². The third kappa shape index (κ3) is 1.78. The Morgan fingerprint density at radius 3 is 2.00 bits per heavy atom. The van der Waals surface area contributed by atoms with E-state index < -0.39 is 29.5 Å². The lowest BCUT2D eigenvalue weighted by molar-refractivity contribution is 0.0576. The molecule has 0 fully saturated rings. The van der Waals surface area contributed by atoms with Gasteiger partial charge < -0.3 is 5.11 Å². The molecule has 96 valence electrons. The average Bonchev–Trinajstić information content (AvgIpc) is 2.53. The van der Waals surface area contributed by atoms with E-state index in [0.29, 0.717) is 0 Å². The van der Waals surface area contributed by atoms with Gasteiger partial charge in [-0.1, -0.05) is 0 Å². The van der Waals surface area contributed by atoms with Crippen LogP contribution < -0.4 is 0 Å². The second-order valence-electron chi connectivity index (χ2n) is 4.15. The predicted octanol–water partition coefficient (Wildman–Crippen LogP) is 1.33. The van der Waals surface area contributed by atoms with Gasteiger partial charge in [0.25, 0.3) is 11.8 Å². The number of nitrogens with zero attached hydrogens (tertiary/aromatic N) is 1. The van der Waals surface area contributed by atoms with Crippen molar-refractivity contribution in [3.63, 3.8) is 0 Å². The molecule has 6 heteroatoms. The number of benzene rings is 1. The quantitative estimate of drug-likeness (QED) is 0.829. The van der Waals surface area contributed by atoms with Crippen LogP contribution in [-0.2, 0) is 0 Å². The molecule has 1 heterocycles. The molecule has 2 rings (SSSR count). The molecule has 0 radical (unpaired) electrons. The summed E-state index contributed by atoms with van der Waals surface area (Å²) in [4.78, 5) is 24.8.